The van der Waals surface area contributed by atoms with Crippen LogP contribution < -0.4 is 20.7 Å². The van der Waals surface area contributed by atoms with Gasteiger partial charge in [-0.2, -0.15) is 0 Å². The predicted molar refractivity (Wildman–Crippen MR) is 106 cm³/mol. The molecule has 134 valence electrons. The Morgan fingerprint density at radius 3 is 2.58 bits per heavy atom. The van der Waals surface area contributed by atoms with Crippen molar-refractivity contribution in [3.63, 3.8) is 0 Å². The maximum atomic E-state index is 12.9. The van der Waals surface area contributed by atoms with E-state index in [2.05, 4.69) is 16.0 Å². The largest absolute Gasteiger partial charge is 0.496 e. The Labute approximate surface area is 158 Å². The number of amides is 1. The summed E-state index contributed by atoms with van der Waals surface area (Å²) < 4.78 is 5.47. The molecule has 0 aliphatic carbocycles. The highest BCUT2D eigenvalue weighted by Crippen LogP contribution is 2.32. The summed E-state index contributed by atoms with van der Waals surface area (Å²) >= 11 is 5.29. The van der Waals surface area contributed by atoms with Crippen molar-refractivity contribution in [3.8, 4) is 5.75 Å². The number of methoxy groups -OCH3 is 1. The first-order valence-corrected chi connectivity index (χ1v) is 8.74. The lowest BCUT2D eigenvalue weighted by Crippen LogP contribution is -2.46. The number of hydrogen-bond donors (Lipinski definition) is 3. The molecule has 0 aromatic heterocycles. The van der Waals surface area contributed by atoms with Gasteiger partial charge in [0.05, 0.1) is 18.7 Å². The number of hydrogen-bond acceptors (Lipinski definition) is 3. The molecule has 1 aliphatic heterocycles. The van der Waals surface area contributed by atoms with Crippen molar-refractivity contribution in [2.45, 2.75) is 19.5 Å². The second-order valence-corrected chi connectivity index (χ2v) is 6.39. The molecule has 1 heterocycles. The van der Waals surface area contributed by atoms with E-state index in [0.717, 1.165) is 16.8 Å². The minimum atomic E-state index is -0.379. The van der Waals surface area contributed by atoms with Crippen LogP contribution in [-0.2, 0) is 11.3 Å². The zero-order valence-corrected chi connectivity index (χ0v) is 15.5. The zero-order valence-electron chi connectivity index (χ0n) is 14.7. The molecule has 0 fully saturated rings. The Balaban J connectivity index is 1.89. The molecule has 3 N–H and O–H groups in total. The molecule has 1 aliphatic rings. The molecule has 1 atom stereocenters. The van der Waals surface area contributed by atoms with Crippen molar-refractivity contribution >= 4 is 23.2 Å². The van der Waals surface area contributed by atoms with Gasteiger partial charge in [-0.1, -0.05) is 48.5 Å². The number of para-hydroxylation sites is 1. The Kier molecular flexibility index (Phi) is 5.53. The van der Waals surface area contributed by atoms with Gasteiger partial charge in [-0.3, -0.25) is 4.79 Å². The van der Waals surface area contributed by atoms with Crippen LogP contribution in [0.1, 0.15) is 24.1 Å². The highest BCUT2D eigenvalue weighted by molar-refractivity contribution is 7.80. The molecule has 0 unspecified atom stereocenters. The third kappa shape index (κ3) is 3.86. The molecule has 0 saturated carbocycles. The van der Waals surface area contributed by atoms with Crippen LogP contribution in [-0.4, -0.2) is 18.1 Å². The summed E-state index contributed by atoms with van der Waals surface area (Å²) in [4.78, 5) is 12.9. The maximum Gasteiger partial charge on any atom is 0.251 e. The van der Waals surface area contributed by atoms with Crippen LogP contribution in [0.25, 0.3) is 0 Å². The number of ether oxygens (including phenoxy) is 1. The Morgan fingerprint density at radius 2 is 1.85 bits per heavy atom. The molecule has 5 nitrogen and oxygen atoms in total. The van der Waals surface area contributed by atoms with E-state index in [4.69, 9.17) is 17.0 Å². The minimum Gasteiger partial charge on any atom is -0.496 e. The fourth-order valence-corrected chi connectivity index (χ4v) is 3.28. The van der Waals surface area contributed by atoms with E-state index in [1.54, 1.807) is 7.11 Å². The van der Waals surface area contributed by atoms with Gasteiger partial charge in [0, 0.05) is 17.8 Å². The first-order valence-electron chi connectivity index (χ1n) is 8.33. The summed E-state index contributed by atoms with van der Waals surface area (Å²) in [5.74, 6) is 0.556. The van der Waals surface area contributed by atoms with E-state index in [9.17, 15) is 4.79 Å². The Morgan fingerprint density at radius 1 is 1.15 bits per heavy atom. The van der Waals surface area contributed by atoms with Crippen molar-refractivity contribution < 1.29 is 9.53 Å². The molecule has 0 saturated heterocycles. The van der Waals surface area contributed by atoms with E-state index in [-0.39, 0.29) is 11.9 Å². The monoisotopic (exact) mass is 367 g/mol. The van der Waals surface area contributed by atoms with Gasteiger partial charge in [-0.05, 0) is 30.8 Å². The van der Waals surface area contributed by atoms with E-state index in [1.165, 1.54) is 0 Å². The van der Waals surface area contributed by atoms with Crippen molar-refractivity contribution in [3.05, 3.63) is 77.0 Å². The average molecular weight is 367 g/mol. The summed E-state index contributed by atoms with van der Waals surface area (Å²) in [6.45, 7) is 2.31. The molecule has 6 heteroatoms. The standard InChI is InChI=1S/C20H21N3O2S/c1-13-17(19(24)21-12-14-8-4-3-5-9-14)18(23-20(26)22-13)15-10-6-7-11-16(15)25-2/h3-11,18H,12H2,1-2H3,(H,21,24)(H2,22,23,26)/t18-/m0/s1. The fourth-order valence-electron chi connectivity index (χ4n) is 3.01. The summed E-state index contributed by atoms with van der Waals surface area (Å²) in [7, 11) is 1.62. The SMILES string of the molecule is COc1ccccc1[C@@H]1NC(=S)NC(C)=C1C(=O)NCc1ccccc1. The first kappa shape index (κ1) is 17.9. The molecule has 0 bridgehead atoms. The van der Waals surface area contributed by atoms with Crippen LogP contribution in [0.3, 0.4) is 0 Å². The molecule has 2 aromatic carbocycles. The summed E-state index contributed by atoms with van der Waals surface area (Å²) in [5, 5.41) is 9.71. The Bertz CT molecular complexity index is 849. The number of thiocarbonyl (C=S) groups is 1. The van der Waals surface area contributed by atoms with Crippen LogP contribution in [0, 0.1) is 0 Å². The number of carbonyl (C=O) groups is 1. The van der Waals surface area contributed by atoms with E-state index < -0.39 is 0 Å². The van der Waals surface area contributed by atoms with Crippen LogP contribution in [0.15, 0.2) is 65.9 Å². The lowest BCUT2D eigenvalue weighted by molar-refractivity contribution is -0.118. The fraction of sp³-hybridized carbons (Fsp3) is 0.200. The molecular formula is C20H21N3O2S. The first-order chi connectivity index (χ1) is 12.6. The number of rotatable bonds is 5. The third-order valence-electron chi connectivity index (χ3n) is 4.26. The van der Waals surface area contributed by atoms with Gasteiger partial charge >= 0.3 is 0 Å². The molecule has 0 radical (unpaired) electrons. The van der Waals surface area contributed by atoms with Crippen LogP contribution >= 0.6 is 12.2 Å². The molecule has 1 amide bonds. The summed E-state index contributed by atoms with van der Waals surface area (Å²) in [6.07, 6.45) is 0. The lowest BCUT2D eigenvalue weighted by Gasteiger charge is -2.31. The van der Waals surface area contributed by atoms with Gasteiger partial charge in [-0.15, -0.1) is 0 Å². The van der Waals surface area contributed by atoms with Gasteiger partial charge in [0.15, 0.2) is 5.11 Å². The number of benzene rings is 2. The van der Waals surface area contributed by atoms with Gasteiger partial charge < -0.3 is 20.7 Å². The van der Waals surface area contributed by atoms with Crippen LogP contribution in [0.4, 0.5) is 0 Å². The summed E-state index contributed by atoms with van der Waals surface area (Å²) in [5.41, 5.74) is 3.23. The van der Waals surface area contributed by atoms with Crippen molar-refractivity contribution in [2.75, 3.05) is 7.11 Å². The maximum absolute atomic E-state index is 12.9. The minimum absolute atomic E-state index is 0.148. The molecule has 0 spiro atoms. The van der Waals surface area contributed by atoms with E-state index in [0.29, 0.717) is 23.0 Å². The van der Waals surface area contributed by atoms with Gasteiger partial charge in [0.2, 0.25) is 0 Å². The molecule has 3 rings (SSSR count). The molecule has 2 aromatic rings. The van der Waals surface area contributed by atoms with Gasteiger partial charge in [-0.25, -0.2) is 0 Å². The molecular weight excluding hydrogens is 346 g/mol. The number of carbonyl (C=O) groups excluding carboxylic acids is 1. The van der Waals surface area contributed by atoms with E-state index in [1.807, 2.05) is 61.5 Å². The number of nitrogens with one attached hydrogen (secondary N) is 3. The normalized spacial score (nSPS) is 16.5. The zero-order chi connectivity index (χ0) is 18.5. The predicted octanol–water partition coefficient (Wildman–Crippen LogP) is 2.80. The lowest BCUT2D eigenvalue weighted by atomic mass is 9.94. The van der Waals surface area contributed by atoms with Crippen LogP contribution in [0.5, 0.6) is 5.75 Å². The quantitative estimate of drug-likeness (QED) is 0.710. The molecule has 26 heavy (non-hydrogen) atoms. The van der Waals surface area contributed by atoms with Gasteiger partial charge in [0.1, 0.15) is 5.75 Å². The topological polar surface area (TPSA) is 62.4 Å². The van der Waals surface area contributed by atoms with Crippen molar-refractivity contribution in [1.82, 2.24) is 16.0 Å². The third-order valence-corrected chi connectivity index (χ3v) is 4.48. The Hall–Kier alpha value is -2.86. The second kappa shape index (κ2) is 8.01. The van der Waals surface area contributed by atoms with E-state index >= 15 is 0 Å². The smallest absolute Gasteiger partial charge is 0.251 e. The number of allylic oxidation sites excluding steroid dienone is 1. The van der Waals surface area contributed by atoms with Crippen molar-refractivity contribution in [1.29, 1.82) is 0 Å². The van der Waals surface area contributed by atoms with Crippen molar-refractivity contribution in [2.24, 2.45) is 0 Å². The van der Waals surface area contributed by atoms with Gasteiger partial charge in [0.25, 0.3) is 5.91 Å². The second-order valence-electron chi connectivity index (χ2n) is 5.98. The average Bonchev–Trinajstić information content (AvgIpc) is 2.66. The summed E-state index contributed by atoms with van der Waals surface area (Å²) in [6, 6.07) is 17.0. The highest BCUT2D eigenvalue weighted by atomic mass is 32.1. The highest BCUT2D eigenvalue weighted by Gasteiger charge is 2.31. The van der Waals surface area contributed by atoms with Crippen LogP contribution in [0.2, 0.25) is 0 Å².